The number of hydrogen-bond donors (Lipinski definition) is 2. The molecule has 1 amide bonds. The number of nitrogens with zero attached hydrogens (tertiary/aromatic N) is 3. The molecule has 4 rings (SSSR count). The zero-order valence-corrected chi connectivity index (χ0v) is 17.0. The van der Waals surface area contributed by atoms with E-state index < -0.39 is 18.0 Å². The summed E-state index contributed by atoms with van der Waals surface area (Å²) in [6.45, 7) is 0.959. The number of fused-ring (bicyclic) bond motifs is 1. The quantitative estimate of drug-likeness (QED) is 0.467. The topological polar surface area (TPSA) is 79.5 Å². The van der Waals surface area contributed by atoms with E-state index in [0.717, 1.165) is 18.1 Å². The number of halogens is 3. The van der Waals surface area contributed by atoms with Gasteiger partial charge in [-0.3, -0.25) is 4.79 Å². The maximum Gasteiger partial charge on any atom is 0.395 e. The van der Waals surface area contributed by atoms with E-state index in [2.05, 4.69) is 15.4 Å². The van der Waals surface area contributed by atoms with Gasteiger partial charge in [-0.05, 0) is 36.2 Å². The number of amides is 1. The van der Waals surface area contributed by atoms with Crippen LogP contribution in [-0.4, -0.2) is 31.8 Å². The highest BCUT2D eigenvalue weighted by molar-refractivity contribution is 6.04. The summed E-state index contributed by atoms with van der Waals surface area (Å²) in [5, 5.41) is 16.4. The van der Waals surface area contributed by atoms with Gasteiger partial charge in [0.05, 0.1) is 24.4 Å². The van der Waals surface area contributed by atoms with Crippen LogP contribution in [0.1, 0.15) is 34.3 Å². The molecule has 0 fully saturated rings. The molecule has 0 saturated heterocycles. The van der Waals surface area contributed by atoms with Crippen molar-refractivity contribution in [2.24, 2.45) is 0 Å². The molecular weight excluding hydrogens is 421 g/mol. The minimum atomic E-state index is -4.35. The standard InChI is InChI=1S/C23H19F3N4O2/c1-14(23(24,25)26)16-5-7-17(8-6-16)22(32)29-20-12-19(30-21(28-20)9-10-27-30)18-4-2-3-15(11-18)13-31/h2-12,14,31H,13H2,1H3,(H,28,29,32). The second-order valence-corrected chi connectivity index (χ2v) is 7.33. The SMILES string of the molecule is CC(c1ccc(C(=O)Nc2cc(-c3cccc(CO)c3)n3nccc3n2)cc1)C(F)(F)F. The molecule has 9 heteroatoms. The lowest BCUT2D eigenvalue weighted by Gasteiger charge is -2.16. The third-order valence-corrected chi connectivity index (χ3v) is 5.17. The summed E-state index contributed by atoms with van der Waals surface area (Å²) in [6, 6.07) is 15.9. The van der Waals surface area contributed by atoms with E-state index >= 15 is 0 Å². The molecule has 4 aromatic rings. The van der Waals surface area contributed by atoms with E-state index in [1.165, 1.54) is 24.3 Å². The van der Waals surface area contributed by atoms with Gasteiger partial charge in [0.2, 0.25) is 0 Å². The summed E-state index contributed by atoms with van der Waals surface area (Å²) in [5.41, 5.74) is 2.94. The highest BCUT2D eigenvalue weighted by atomic mass is 19.4. The van der Waals surface area contributed by atoms with Gasteiger partial charge in [-0.2, -0.15) is 18.3 Å². The molecule has 2 aromatic carbocycles. The predicted molar refractivity (Wildman–Crippen MR) is 113 cm³/mol. The number of hydrogen-bond acceptors (Lipinski definition) is 4. The zero-order chi connectivity index (χ0) is 22.9. The second-order valence-electron chi connectivity index (χ2n) is 7.33. The zero-order valence-electron chi connectivity index (χ0n) is 17.0. The van der Waals surface area contributed by atoms with E-state index in [4.69, 9.17) is 0 Å². The summed E-state index contributed by atoms with van der Waals surface area (Å²) in [7, 11) is 0. The number of carbonyl (C=O) groups excluding carboxylic acids is 1. The van der Waals surface area contributed by atoms with Crippen molar-refractivity contribution in [3.8, 4) is 11.3 Å². The monoisotopic (exact) mass is 440 g/mol. The second kappa shape index (κ2) is 8.43. The first-order valence-corrected chi connectivity index (χ1v) is 9.79. The molecule has 1 atom stereocenters. The predicted octanol–water partition coefficient (Wildman–Crippen LogP) is 4.81. The average Bonchev–Trinajstić information content (AvgIpc) is 3.26. The molecular formula is C23H19F3N4O2. The summed E-state index contributed by atoms with van der Waals surface area (Å²) in [6.07, 6.45) is -2.77. The molecule has 2 heterocycles. The Morgan fingerprint density at radius 1 is 1.12 bits per heavy atom. The van der Waals surface area contributed by atoms with Crippen molar-refractivity contribution in [2.75, 3.05) is 5.32 Å². The van der Waals surface area contributed by atoms with E-state index in [0.29, 0.717) is 11.3 Å². The van der Waals surface area contributed by atoms with Gasteiger partial charge in [-0.1, -0.05) is 30.3 Å². The van der Waals surface area contributed by atoms with E-state index in [1.54, 1.807) is 35.0 Å². The molecule has 0 aliphatic rings. The first kappa shape index (κ1) is 21.5. The lowest BCUT2D eigenvalue weighted by atomic mass is 9.99. The van der Waals surface area contributed by atoms with Crippen LogP contribution in [0.2, 0.25) is 0 Å². The molecule has 32 heavy (non-hydrogen) atoms. The summed E-state index contributed by atoms with van der Waals surface area (Å²) in [5.74, 6) is -1.86. The van der Waals surface area contributed by atoms with Gasteiger partial charge in [0.15, 0.2) is 5.65 Å². The Morgan fingerprint density at radius 3 is 2.56 bits per heavy atom. The highest BCUT2D eigenvalue weighted by Crippen LogP contribution is 2.34. The first-order valence-electron chi connectivity index (χ1n) is 9.79. The maximum atomic E-state index is 12.9. The van der Waals surface area contributed by atoms with Crippen molar-refractivity contribution < 1.29 is 23.1 Å². The molecule has 2 N–H and O–H groups in total. The fourth-order valence-electron chi connectivity index (χ4n) is 3.31. The van der Waals surface area contributed by atoms with Crippen LogP contribution >= 0.6 is 0 Å². The Bertz CT molecular complexity index is 1270. The number of nitrogens with one attached hydrogen (secondary N) is 1. The van der Waals surface area contributed by atoms with Crippen LogP contribution < -0.4 is 5.32 Å². The fraction of sp³-hybridized carbons (Fsp3) is 0.174. The normalized spacial score (nSPS) is 12.7. The Hall–Kier alpha value is -3.72. The Balaban J connectivity index is 1.63. The highest BCUT2D eigenvalue weighted by Gasteiger charge is 2.36. The van der Waals surface area contributed by atoms with Crippen molar-refractivity contribution >= 4 is 17.4 Å². The number of aliphatic hydroxyl groups excluding tert-OH is 1. The minimum Gasteiger partial charge on any atom is -0.392 e. The van der Waals surface area contributed by atoms with Crippen molar-refractivity contribution in [2.45, 2.75) is 25.6 Å². The van der Waals surface area contributed by atoms with Crippen LogP contribution in [0.15, 0.2) is 66.9 Å². The number of alkyl halides is 3. The molecule has 2 aromatic heterocycles. The number of carbonyl (C=O) groups is 1. The van der Waals surface area contributed by atoms with E-state index in [1.807, 2.05) is 12.1 Å². The van der Waals surface area contributed by atoms with Crippen LogP contribution in [0.5, 0.6) is 0 Å². The Kier molecular flexibility index (Phi) is 5.67. The van der Waals surface area contributed by atoms with Gasteiger partial charge in [-0.15, -0.1) is 0 Å². The molecule has 0 radical (unpaired) electrons. The van der Waals surface area contributed by atoms with Gasteiger partial charge >= 0.3 is 6.18 Å². The van der Waals surface area contributed by atoms with Crippen molar-refractivity contribution in [3.05, 3.63) is 83.6 Å². The van der Waals surface area contributed by atoms with Gasteiger partial charge in [0, 0.05) is 23.3 Å². The lowest BCUT2D eigenvalue weighted by Crippen LogP contribution is -2.18. The average molecular weight is 440 g/mol. The van der Waals surface area contributed by atoms with Crippen LogP contribution in [0, 0.1) is 0 Å². The van der Waals surface area contributed by atoms with E-state index in [9.17, 15) is 23.1 Å². The molecule has 164 valence electrons. The summed E-state index contributed by atoms with van der Waals surface area (Å²) < 4.78 is 40.3. The van der Waals surface area contributed by atoms with Gasteiger partial charge in [0.25, 0.3) is 5.91 Å². The largest absolute Gasteiger partial charge is 0.395 e. The summed E-state index contributed by atoms with van der Waals surface area (Å²) in [4.78, 5) is 17.1. The lowest BCUT2D eigenvalue weighted by molar-refractivity contribution is -0.146. The number of benzene rings is 2. The van der Waals surface area contributed by atoms with Crippen molar-refractivity contribution in [1.82, 2.24) is 14.6 Å². The molecule has 0 saturated carbocycles. The summed E-state index contributed by atoms with van der Waals surface area (Å²) >= 11 is 0. The molecule has 1 unspecified atom stereocenters. The van der Waals surface area contributed by atoms with Gasteiger partial charge in [-0.25, -0.2) is 9.50 Å². The number of aliphatic hydroxyl groups is 1. The Morgan fingerprint density at radius 2 is 1.88 bits per heavy atom. The fourth-order valence-corrected chi connectivity index (χ4v) is 3.31. The smallest absolute Gasteiger partial charge is 0.392 e. The molecule has 0 aliphatic carbocycles. The minimum absolute atomic E-state index is 0.0823. The third-order valence-electron chi connectivity index (χ3n) is 5.17. The van der Waals surface area contributed by atoms with Crippen molar-refractivity contribution in [3.63, 3.8) is 0 Å². The molecule has 0 aliphatic heterocycles. The van der Waals surface area contributed by atoms with Crippen LogP contribution in [0.4, 0.5) is 19.0 Å². The van der Waals surface area contributed by atoms with Gasteiger partial charge in [0.1, 0.15) is 5.82 Å². The third kappa shape index (κ3) is 4.33. The number of aromatic nitrogens is 3. The molecule has 6 nitrogen and oxygen atoms in total. The number of rotatable bonds is 5. The molecule has 0 bridgehead atoms. The Labute approximate surface area is 181 Å². The number of anilines is 1. The van der Waals surface area contributed by atoms with E-state index in [-0.39, 0.29) is 23.6 Å². The van der Waals surface area contributed by atoms with Crippen LogP contribution in [0.3, 0.4) is 0 Å². The van der Waals surface area contributed by atoms with Crippen molar-refractivity contribution in [1.29, 1.82) is 0 Å². The molecule has 0 spiro atoms. The maximum absolute atomic E-state index is 12.9. The first-order chi connectivity index (χ1) is 15.3. The van der Waals surface area contributed by atoms with Gasteiger partial charge < -0.3 is 10.4 Å². The van der Waals surface area contributed by atoms with Crippen LogP contribution in [0.25, 0.3) is 16.9 Å². The van der Waals surface area contributed by atoms with Crippen LogP contribution in [-0.2, 0) is 6.61 Å².